The zero-order chi connectivity index (χ0) is 19.5. The third kappa shape index (κ3) is 6.46. The predicted octanol–water partition coefficient (Wildman–Crippen LogP) is 3.19. The van der Waals surface area contributed by atoms with Crippen LogP contribution in [0.5, 0.6) is 0 Å². The molecule has 2 heterocycles. The number of carbonyl (C=O) groups is 1. The van der Waals surface area contributed by atoms with E-state index < -0.39 is 5.54 Å². The first-order valence-electron chi connectivity index (χ1n) is 9.70. The van der Waals surface area contributed by atoms with Gasteiger partial charge in [0.1, 0.15) is 5.76 Å². The maximum atomic E-state index is 11.4. The second kappa shape index (κ2) is 10.8. The van der Waals surface area contributed by atoms with E-state index in [0.717, 1.165) is 56.7 Å². The molecule has 0 fully saturated rings. The number of rotatable bonds is 13. The molecule has 0 saturated heterocycles. The topological polar surface area (TPSA) is 95.1 Å². The smallest absolute Gasteiger partial charge is 0.305 e. The molecule has 0 aromatic carbocycles. The molecule has 1 atom stereocenters. The lowest BCUT2D eigenvalue weighted by atomic mass is 9.92. The lowest BCUT2D eigenvalue weighted by molar-refractivity contribution is -0.140. The number of nitrogens with zero attached hydrogens (tertiary/aromatic N) is 4. The van der Waals surface area contributed by atoms with Crippen molar-refractivity contribution < 1.29 is 13.9 Å². The fourth-order valence-electron chi connectivity index (χ4n) is 3.09. The molecule has 27 heavy (non-hydrogen) atoms. The Bertz CT molecular complexity index is 671. The van der Waals surface area contributed by atoms with Crippen LogP contribution in [0.1, 0.15) is 70.4 Å². The van der Waals surface area contributed by atoms with Crippen LogP contribution in [0.4, 0.5) is 0 Å². The lowest BCUT2D eigenvalue weighted by Gasteiger charge is -2.29. The number of carbonyl (C=O) groups excluding carboxylic acids is 1. The number of methoxy groups -OCH3 is 1. The Balaban J connectivity index is 2.06. The first-order chi connectivity index (χ1) is 13.1. The summed E-state index contributed by atoms with van der Waals surface area (Å²) >= 11 is 0. The third-order valence-electron chi connectivity index (χ3n) is 4.77. The normalized spacial score (nSPS) is 13.4. The largest absolute Gasteiger partial charge is 0.469 e. The van der Waals surface area contributed by atoms with Gasteiger partial charge in [-0.05, 0) is 48.7 Å². The highest BCUT2D eigenvalue weighted by Gasteiger charge is 2.32. The molecule has 150 valence electrons. The zero-order valence-electron chi connectivity index (χ0n) is 16.6. The maximum Gasteiger partial charge on any atom is 0.305 e. The highest BCUT2D eigenvalue weighted by atomic mass is 16.5. The van der Waals surface area contributed by atoms with Crippen LogP contribution in [0.15, 0.2) is 22.8 Å². The van der Waals surface area contributed by atoms with Crippen molar-refractivity contribution in [3.8, 4) is 0 Å². The molecular weight excluding hydrogens is 346 g/mol. The zero-order valence-corrected chi connectivity index (χ0v) is 16.6. The van der Waals surface area contributed by atoms with Gasteiger partial charge in [0.25, 0.3) is 0 Å². The van der Waals surface area contributed by atoms with Gasteiger partial charge < -0.3 is 9.15 Å². The van der Waals surface area contributed by atoms with Crippen molar-refractivity contribution in [2.24, 2.45) is 0 Å². The van der Waals surface area contributed by atoms with Crippen LogP contribution in [0, 0.1) is 0 Å². The number of unbranched alkanes of at least 4 members (excludes halogenated alkanes) is 3. The van der Waals surface area contributed by atoms with Gasteiger partial charge in [-0.2, -0.15) is 0 Å². The number of aryl methyl sites for hydroxylation is 1. The van der Waals surface area contributed by atoms with Gasteiger partial charge in [-0.15, -0.1) is 5.10 Å². The molecule has 0 saturated carbocycles. The quantitative estimate of drug-likeness (QED) is 0.423. The van der Waals surface area contributed by atoms with Crippen LogP contribution in [0.25, 0.3) is 0 Å². The van der Waals surface area contributed by atoms with Crippen molar-refractivity contribution in [3.63, 3.8) is 0 Å². The molecule has 1 N–H and O–H groups in total. The Morgan fingerprint density at radius 3 is 2.89 bits per heavy atom. The van der Waals surface area contributed by atoms with E-state index in [-0.39, 0.29) is 5.97 Å². The molecule has 8 heteroatoms. The Morgan fingerprint density at radius 2 is 2.19 bits per heavy atom. The minimum atomic E-state index is -0.418. The molecule has 0 spiro atoms. The van der Waals surface area contributed by atoms with Crippen LogP contribution in [0.3, 0.4) is 0 Å². The van der Waals surface area contributed by atoms with Gasteiger partial charge in [-0.1, -0.05) is 26.2 Å². The number of furan rings is 1. The first-order valence-corrected chi connectivity index (χ1v) is 9.70. The van der Waals surface area contributed by atoms with Gasteiger partial charge in [0.15, 0.2) is 5.82 Å². The van der Waals surface area contributed by atoms with E-state index in [4.69, 9.17) is 9.15 Å². The van der Waals surface area contributed by atoms with E-state index >= 15 is 0 Å². The molecular formula is C19H31N5O3. The number of nitrogens with one attached hydrogen (secondary N) is 1. The standard InChI is InChI=1S/C19H31N5O3/c1-4-5-8-13-24-18(21-22-23-24)19(2,12-7-6-11-17(25)26-3)20-15-16-10-9-14-27-16/h9-10,14,20H,4-8,11-13,15H2,1-3H3. The van der Waals surface area contributed by atoms with E-state index in [0.29, 0.717) is 13.0 Å². The van der Waals surface area contributed by atoms with Gasteiger partial charge in [-0.25, -0.2) is 4.68 Å². The van der Waals surface area contributed by atoms with Crippen LogP contribution in [-0.4, -0.2) is 33.3 Å². The second-order valence-electron chi connectivity index (χ2n) is 6.98. The molecule has 1 unspecified atom stereocenters. The highest BCUT2D eigenvalue weighted by Crippen LogP contribution is 2.26. The van der Waals surface area contributed by atoms with Crippen molar-refractivity contribution in [2.75, 3.05) is 7.11 Å². The molecule has 0 bridgehead atoms. The lowest BCUT2D eigenvalue weighted by Crippen LogP contribution is -2.41. The number of tetrazole rings is 1. The van der Waals surface area contributed by atoms with Crippen molar-refractivity contribution in [1.29, 1.82) is 0 Å². The summed E-state index contributed by atoms with van der Waals surface area (Å²) in [7, 11) is 1.42. The minimum absolute atomic E-state index is 0.176. The van der Waals surface area contributed by atoms with Gasteiger partial charge in [0.05, 0.1) is 25.5 Å². The van der Waals surface area contributed by atoms with Crippen LogP contribution in [-0.2, 0) is 28.2 Å². The summed E-state index contributed by atoms with van der Waals surface area (Å²) in [6.07, 6.45) is 7.87. The first kappa shape index (κ1) is 21.1. The van der Waals surface area contributed by atoms with Crippen molar-refractivity contribution >= 4 is 5.97 Å². The molecule has 0 amide bonds. The van der Waals surface area contributed by atoms with Crippen LogP contribution >= 0.6 is 0 Å². The fraction of sp³-hybridized carbons (Fsp3) is 0.684. The van der Waals surface area contributed by atoms with E-state index in [2.05, 4.69) is 34.7 Å². The SMILES string of the molecule is CCCCCn1nnnc1C(C)(CCCCC(=O)OC)NCc1ccco1. The highest BCUT2D eigenvalue weighted by molar-refractivity contribution is 5.68. The Kier molecular flexibility index (Phi) is 8.44. The third-order valence-corrected chi connectivity index (χ3v) is 4.77. The van der Waals surface area contributed by atoms with Crippen molar-refractivity contribution in [1.82, 2.24) is 25.5 Å². The van der Waals surface area contributed by atoms with Gasteiger partial charge in [-0.3, -0.25) is 10.1 Å². The van der Waals surface area contributed by atoms with E-state index in [1.54, 1.807) is 6.26 Å². The number of aromatic nitrogens is 4. The summed E-state index contributed by atoms with van der Waals surface area (Å²) in [5.74, 6) is 1.51. The molecule has 8 nitrogen and oxygen atoms in total. The predicted molar refractivity (Wildman–Crippen MR) is 101 cm³/mol. The summed E-state index contributed by atoms with van der Waals surface area (Å²) in [6.45, 7) is 5.67. The Labute approximate surface area is 160 Å². The summed E-state index contributed by atoms with van der Waals surface area (Å²) in [5.41, 5.74) is -0.418. The molecule has 2 rings (SSSR count). The summed E-state index contributed by atoms with van der Waals surface area (Å²) in [6, 6.07) is 3.81. The number of hydrogen-bond acceptors (Lipinski definition) is 7. The molecule has 2 aromatic rings. The monoisotopic (exact) mass is 377 g/mol. The fourth-order valence-corrected chi connectivity index (χ4v) is 3.09. The average molecular weight is 377 g/mol. The Hall–Kier alpha value is -2.22. The Morgan fingerprint density at radius 1 is 1.33 bits per heavy atom. The van der Waals surface area contributed by atoms with Crippen LogP contribution < -0.4 is 5.32 Å². The van der Waals surface area contributed by atoms with Gasteiger partial charge in [0, 0.05) is 13.0 Å². The van der Waals surface area contributed by atoms with E-state index in [1.165, 1.54) is 7.11 Å². The van der Waals surface area contributed by atoms with Crippen LogP contribution in [0.2, 0.25) is 0 Å². The second-order valence-corrected chi connectivity index (χ2v) is 6.98. The van der Waals surface area contributed by atoms with Gasteiger partial charge in [0.2, 0.25) is 0 Å². The molecule has 0 aliphatic carbocycles. The van der Waals surface area contributed by atoms with E-state index in [9.17, 15) is 4.79 Å². The molecule has 0 aliphatic rings. The molecule has 0 aliphatic heterocycles. The average Bonchev–Trinajstić information content (AvgIpc) is 3.35. The number of ether oxygens (including phenoxy) is 1. The van der Waals surface area contributed by atoms with E-state index in [1.807, 2.05) is 16.8 Å². The maximum absolute atomic E-state index is 11.4. The minimum Gasteiger partial charge on any atom is -0.469 e. The summed E-state index contributed by atoms with van der Waals surface area (Å²) in [5, 5.41) is 16.0. The van der Waals surface area contributed by atoms with Gasteiger partial charge >= 0.3 is 5.97 Å². The van der Waals surface area contributed by atoms with Crippen molar-refractivity contribution in [3.05, 3.63) is 30.0 Å². The summed E-state index contributed by atoms with van der Waals surface area (Å²) < 4.78 is 12.1. The molecule has 0 radical (unpaired) electrons. The summed E-state index contributed by atoms with van der Waals surface area (Å²) in [4.78, 5) is 11.4. The number of hydrogen-bond donors (Lipinski definition) is 1. The molecule has 2 aromatic heterocycles. The number of esters is 1. The van der Waals surface area contributed by atoms with Crippen molar-refractivity contribution in [2.45, 2.75) is 77.4 Å².